The molecule has 28 heavy (non-hydrogen) atoms. The number of hydrogen-bond acceptors (Lipinski definition) is 2. The molecule has 2 amide bonds. The lowest BCUT2D eigenvalue weighted by molar-refractivity contribution is -0.141. The number of nitrogens with zero attached hydrogens (tertiary/aromatic N) is 1. The van der Waals surface area contributed by atoms with Gasteiger partial charge in [-0.25, -0.2) is 4.39 Å². The maximum atomic E-state index is 14.1. The van der Waals surface area contributed by atoms with Crippen LogP contribution in [0.2, 0.25) is 0 Å². The molecule has 0 radical (unpaired) electrons. The van der Waals surface area contributed by atoms with Crippen LogP contribution in [0.5, 0.6) is 0 Å². The average Bonchev–Trinajstić information content (AvgIpc) is 2.69. The van der Waals surface area contributed by atoms with Crippen LogP contribution in [-0.2, 0) is 22.6 Å². The molecule has 0 aliphatic heterocycles. The van der Waals surface area contributed by atoms with Gasteiger partial charge in [0.05, 0.1) is 6.42 Å². The summed E-state index contributed by atoms with van der Waals surface area (Å²) in [5, 5.41) is 2.89. The van der Waals surface area contributed by atoms with Crippen LogP contribution in [0.25, 0.3) is 0 Å². The number of carbonyl (C=O) groups is 2. The molecule has 0 aromatic heterocycles. The van der Waals surface area contributed by atoms with Gasteiger partial charge >= 0.3 is 0 Å². The summed E-state index contributed by atoms with van der Waals surface area (Å²) in [5.74, 6) is -0.832. The topological polar surface area (TPSA) is 49.4 Å². The second-order valence-corrected chi connectivity index (χ2v) is 6.93. The Balaban J connectivity index is 2.31. The van der Waals surface area contributed by atoms with E-state index in [0.717, 1.165) is 17.5 Å². The number of benzene rings is 2. The Labute approximate surface area is 166 Å². The minimum Gasteiger partial charge on any atom is -0.354 e. The van der Waals surface area contributed by atoms with Gasteiger partial charge in [-0.05, 0) is 42.5 Å². The fraction of sp³-hybridized carbons (Fsp3) is 0.391. The second kappa shape index (κ2) is 10.6. The first-order valence-corrected chi connectivity index (χ1v) is 9.83. The van der Waals surface area contributed by atoms with E-state index < -0.39 is 11.9 Å². The molecular weight excluding hydrogens is 355 g/mol. The lowest BCUT2D eigenvalue weighted by atomic mass is 10.0. The molecule has 0 aliphatic carbocycles. The number of hydrogen-bond donors (Lipinski definition) is 1. The van der Waals surface area contributed by atoms with Gasteiger partial charge in [0, 0.05) is 13.1 Å². The van der Waals surface area contributed by atoms with Crippen molar-refractivity contribution in [3.63, 3.8) is 0 Å². The lowest BCUT2D eigenvalue weighted by Crippen LogP contribution is -2.49. The third-order valence-corrected chi connectivity index (χ3v) is 4.84. The Morgan fingerprint density at radius 2 is 1.68 bits per heavy atom. The summed E-state index contributed by atoms with van der Waals surface area (Å²) in [7, 11) is 0. The number of aryl methyl sites for hydroxylation is 1. The molecule has 5 heteroatoms. The highest BCUT2D eigenvalue weighted by Gasteiger charge is 2.29. The summed E-state index contributed by atoms with van der Waals surface area (Å²) in [4.78, 5) is 27.4. The Morgan fingerprint density at radius 3 is 2.29 bits per heavy atom. The maximum Gasteiger partial charge on any atom is 0.242 e. The van der Waals surface area contributed by atoms with Crippen LogP contribution in [0.4, 0.5) is 4.39 Å². The number of carbonyl (C=O) groups excluding carboxylic acids is 2. The van der Waals surface area contributed by atoms with Crippen molar-refractivity contribution in [2.24, 2.45) is 0 Å². The zero-order valence-corrected chi connectivity index (χ0v) is 16.9. The molecule has 2 rings (SSSR count). The molecule has 0 bridgehead atoms. The molecule has 1 atom stereocenters. The summed E-state index contributed by atoms with van der Waals surface area (Å²) < 4.78 is 14.1. The predicted octanol–water partition coefficient (Wildman–Crippen LogP) is 4.01. The summed E-state index contributed by atoms with van der Waals surface area (Å²) in [6.45, 7) is 6.73. The third kappa shape index (κ3) is 5.65. The van der Waals surface area contributed by atoms with Crippen molar-refractivity contribution < 1.29 is 14.0 Å². The SMILES string of the molecule is CCCNC(=O)[C@@H](CC)N(Cc1ccccc1C)C(=O)Cc1ccccc1F. The van der Waals surface area contributed by atoms with E-state index in [0.29, 0.717) is 25.1 Å². The highest BCUT2D eigenvalue weighted by molar-refractivity contribution is 5.88. The van der Waals surface area contributed by atoms with E-state index in [1.165, 1.54) is 6.07 Å². The Kier molecular flexibility index (Phi) is 8.18. The van der Waals surface area contributed by atoms with Crippen LogP contribution in [0.3, 0.4) is 0 Å². The normalized spacial score (nSPS) is 11.7. The number of rotatable bonds is 9. The molecule has 2 aromatic carbocycles. The van der Waals surface area contributed by atoms with Crippen LogP contribution in [0.1, 0.15) is 43.4 Å². The lowest BCUT2D eigenvalue weighted by Gasteiger charge is -2.31. The summed E-state index contributed by atoms with van der Waals surface area (Å²) >= 11 is 0. The van der Waals surface area contributed by atoms with Crippen LogP contribution < -0.4 is 5.32 Å². The number of amides is 2. The van der Waals surface area contributed by atoms with Crippen molar-refractivity contribution in [1.82, 2.24) is 10.2 Å². The van der Waals surface area contributed by atoms with E-state index in [4.69, 9.17) is 0 Å². The monoisotopic (exact) mass is 384 g/mol. The summed E-state index contributed by atoms with van der Waals surface area (Å²) in [5.41, 5.74) is 2.37. The first kappa shape index (κ1) is 21.6. The largest absolute Gasteiger partial charge is 0.354 e. The predicted molar refractivity (Wildman–Crippen MR) is 109 cm³/mol. The molecule has 0 heterocycles. The fourth-order valence-electron chi connectivity index (χ4n) is 3.16. The van der Waals surface area contributed by atoms with Crippen LogP contribution in [0, 0.1) is 12.7 Å². The Hall–Kier alpha value is -2.69. The van der Waals surface area contributed by atoms with Crippen LogP contribution >= 0.6 is 0 Å². The molecule has 2 aromatic rings. The summed E-state index contributed by atoms with van der Waals surface area (Å²) in [6.07, 6.45) is 1.24. The Bertz CT molecular complexity index is 807. The smallest absolute Gasteiger partial charge is 0.242 e. The van der Waals surface area contributed by atoms with Gasteiger partial charge in [0.1, 0.15) is 11.9 Å². The van der Waals surface area contributed by atoms with Crippen molar-refractivity contribution in [1.29, 1.82) is 0 Å². The Morgan fingerprint density at radius 1 is 1.04 bits per heavy atom. The first-order chi connectivity index (χ1) is 13.5. The van der Waals surface area contributed by atoms with Gasteiger partial charge in [0.25, 0.3) is 0 Å². The van der Waals surface area contributed by atoms with Crippen molar-refractivity contribution in [2.75, 3.05) is 6.54 Å². The number of halogens is 1. The minimum atomic E-state index is -0.592. The van der Waals surface area contributed by atoms with Crippen LogP contribution in [-0.4, -0.2) is 29.3 Å². The van der Waals surface area contributed by atoms with Crippen LogP contribution in [0.15, 0.2) is 48.5 Å². The number of nitrogens with one attached hydrogen (secondary N) is 1. The molecule has 4 nitrogen and oxygen atoms in total. The van der Waals surface area contributed by atoms with Crippen molar-refractivity contribution in [3.8, 4) is 0 Å². The van der Waals surface area contributed by atoms with Gasteiger partial charge in [-0.15, -0.1) is 0 Å². The molecular formula is C23H29FN2O2. The van der Waals surface area contributed by atoms with E-state index in [-0.39, 0.29) is 18.2 Å². The summed E-state index contributed by atoms with van der Waals surface area (Å²) in [6, 6.07) is 13.5. The molecule has 1 N–H and O–H groups in total. The van der Waals surface area contributed by atoms with E-state index in [1.54, 1.807) is 23.1 Å². The average molecular weight is 384 g/mol. The van der Waals surface area contributed by atoms with E-state index in [9.17, 15) is 14.0 Å². The molecule has 0 spiro atoms. The van der Waals surface area contributed by atoms with Gasteiger partial charge < -0.3 is 10.2 Å². The van der Waals surface area contributed by atoms with Gasteiger partial charge in [-0.2, -0.15) is 0 Å². The molecule has 150 valence electrons. The minimum absolute atomic E-state index is 0.0733. The second-order valence-electron chi connectivity index (χ2n) is 6.93. The van der Waals surface area contributed by atoms with Gasteiger partial charge in [0.15, 0.2) is 0 Å². The highest BCUT2D eigenvalue weighted by atomic mass is 19.1. The third-order valence-electron chi connectivity index (χ3n) is 4.84. The van der Waals surface area contributed by atoms with Gasteiger partial charge in [-0.3, -0.25) is 9.59 Å². The van der Waals surface area contributed by atoms with Gasteiger partial charge in [-0.1, -0.05) is 56.3 Å². The van der Waals surface area contributed by atoms with E-state index in [2.05, 4.69) is 5.32 Å². The fourth-order valence-corrected chi connectivity index (χ4v) is 3.16. The van der Waals surface area contributed by atoms with E-state index >= 15 is 0 Å². The standard InChI is InChI=1S/C23H29FN2O2/c1-4-14-25-23(28)21(5-2)26(16-19-12-7-6-10-17(19)3)22(27)15-18-11-8-9-13-20(18)24/h6-13,21H,4-5,14-16H2,1-3H3,(H,25,28)/t21-/m1/s1. The zero-order valence-electron chi connectivity index (χ0n) is 16.9. The first-order valence-electron chi connectivity index (χ1n) is 9.83. The molecule has 0 saturated carbocycles. The van der Waals surface area contributed by atoms with Gasteiger partial charge in [0.2, 0.25) is 11.8 Å². The maximum absolute atomic E-state index is 14.1. The molecule has 0 saturated heterocycles. The van der Waals surface area contributed by atoms with Crippen molar-refractivity contribution in [2.45, 2.75) is 52.6 Å². The highest BCUT2D eigenvalue weighted by Crippen LogP contribution is 2.18. The molecule has 0 aliphatic rings. The quantitative estimate of drug-likeness (QED) is 0.710. The van der Waals surface area contributed by atoms with E-state index in [1.807, 2.05) is 45.0 Å². The molecule has 0 fully saturated rings. The van der Waals surface area contributed by atoms with Crippen molar-refractivity contribution in [3.05, 3.63) is 71.0 Å². The zero-order chi connectivity index (χ0) is 20.5. The molecule has 0 unspecified atom stereocenters. The van der Waals surface area contributed by atoms with Crippen molar-refractivity contribution >= 4 is 11.8 Å².